The lowest BCUT2D eigenvalue weighted by atomic mass is 10.0. The van der Waals surface area contributed by atoms with Gasteiger partial charge in [0, 0.05) is 53.8 Å². The first kappa shape index (κ1) is 24.8. The number of hydrogen-bond acceptors (Lipinski definition) is 9. The van der Waals surface area contributed by atoms with Crippen LogP contribution in [0.2, 0.25) is 0 Å². The fraction of sp³-hybridized carbons (Fsp3) is 0.500. The number of aromatic amines is 1. The number of non-ortho nitro benzene ring substituents is 1. The summed E-state index contributed by atoms with van der Waals surface area (Å²) in [5.41, 5.74) is 1.59. The number of hydrogen-bond donors (Lipinski definition) is 3. The smallest absolute Gasteiger partial charge is 0.269 e. The molecule has 1 aliphatic rings. The molecule has 2 heterocycles. The maximum Gasteiger partial charge on any atom is 0.269 e. The molecular weight excluding hydrogens is 434 g/mol. The molecule has 1 aromatic heterocycles. The number of phenolic OH excluding ortho intramolecular Hbond substituents is 1. The Morgan fingerprint density at radius 3 is 2.33 bits per heavy atom. The highest BCUT2D eigenvalue weighted by atomic mass is 16.6. The number of benzene rings is 1. The number of phenols is 1. The molecule has 11 heteroatoms. The summed E-state index contributed by atoms with van der Waals surface area (Å²) in [6.07, 6.45) is 0.339. The number of H-pyrrole nitrogens is 1. The van der Waals surface area contributed by atoms with Crippen LogP contribution in [0.4, 0.5) is 5.69 Å². The van der Waals surface area contributed by atoms with Crippen LogP contribution < -0.4 is 10.7 Å². The van der Waals surface area contributed by atoms with Gasteiger partial charge in [0.05, 0.1) is 57.8 Å². The van der Waals surface area contributed by atoms with Crippen molar-refractivity contribution in [3.8, 4) is 5.75 Å². The van der Waals surface area contributed by atoms with E-state index >= 15 is 0 Å². The monoisotopic (exact) mass is 463 g/mol. The third kappa shape index (κ3) is 8.56. The highest BCUT2D eigenvalue weighted by Gasteiger charge is 2.16. The molecule has 180 valence electrons. The molecule has 0 spiro atoms. The Morgan fingerprint density at radius 2 is 1.64 bits per heavy atom. The average Bonchev–Trinajstić information content (AvgIpc) is 2.78. The van der Waals surface area contributed by atoms with E-state index in [0.29, 0.717) is 69.6 Å². The van der Waals surface area contributed by atoms with Gasteiger partial charge in [0.1, 0.15) is 5.75 Å². The van der Waals surface area contributed by atoms with Crippen molar-refractivity contribution in [3.05, 3.63) is 67.6 Å². The molecular formula is C22H29N3O8. The molecule has 3 N–H and O–H groups in total. The first-order chi connectivity index (χ1) is 16.0. The lowest BCUT2D eigenvalue weighted by Gasteiger charge is -2.20. The summed E-state index contributed by atoms with van der Waals surface area (Å²) in [6.45, 7) is 3.16. The average molecular weight is 463 g/mol. The number of nitrogens with one attached hydrogen (secondary N) is 2. The SMILES string of the molecule is O=c1cc2[nH]c(c1)COCCOCC(Cc1cc([N+](=O)[O-])ccc1O)NCCOCCOC2. The second kappa shape index (κ2) is 13.0. The second-order valence-electron chi connectivity index (χ2n) is 7.58. The van der Waals surface area contributed by atoms with E-state index in [1.165, 1.54) is 30.3 Å². The van der Waals surface area contributed by atoms with Crippen molar-refractivity contribution in [2.75, 3.05) is 46.2 Å². The van der Waals surface area contributed by atoms with Crippen LogP contribution in [0.1, 0.15) is 17.0 Å². The summed E-state index contributed by atoms with van der Waals surface area (Å²) < 4.78 is 22.5. The van der Waals surface area contributed by atoms with Gasteiger partial charge < -0.3 is 34.4 Å². The molecule has 0 saturated heterocycles. The van der Waals surface area contributed by atoms with Crippen molar-refractivity contribution in [2.45, 2.75) is 25.7 Å². The quantitative estimate of drug-likeness (QED) is 0.452. The maximum atomic E-state index is 11.9. The van der Waals surface area contributed by atoms with E-state index < -0.39 is 4.92 Å². The van der Waals surface area contributed by atoms with Gasteiger partial charge in [-0.25, -0.2) is 0 Å². The van der Waals surface area contributed by atoms with Crippen LogP contribution in [0.15, 0.2) is 35.1 Å². The molecule has 0 aliphatic carbocycles. The zero-order valence-electron chi connectivity index (χ0n) is 18.3. The van der Waals surface area contributed by atoms with Gasteiger partial charge in [-0.1, -0.05) is 0 Å². The van der Waals surface area contributed by atoms with E-state index in [4.69, 9.17) is 18.9 Å². The zero-order chi connectivity index (χ0) is 23.5. The van der Waals surface area contributed by atoms with Crippen LogP contribution in [-0.2, 0) is 38.6 Å². The standard InChI is InChI=1S/C22H29N3O8/c26-21-11-18-14-32-6-5-30-4-3-23-17(13-31-7-8-33-15-19(12-21)24-18)9-16-10-20(25(28)29)1-2-22(16)27/h1-2,10-12,17,23,27H,3-9,13-15H2,(H,24,26). The molecule has 1 aromatic carbocycles. The number of nitro benzene ring substituents is 1. The van der Waals surface area contributed by atoms with E-state index in [0.717, 1.165) is 0 Å². The van der Waals surface area contributed by atoms with Crippen molar-refractivity contribution < 1.29 is 29.0 Å². The molecule has 11 nitrogen and oxygen atoms in total. The van der Waals surface area contributed by atoms with E-state index in [1.807, 2.05) is 0 Å². The molecule has 33 heavy (non-hydrogen) atoms. The minimum absolute atomic E-state index is 0.00480. The normalized spacial score (nSPS) is 19.3. The van der Waals surface area contributed by atoms with Crippen molar-refractivity contribution in [3.63, 3.8) is 0 Å². The van der Waals surface area contributed by atoms with Gasteiger partial charge in [-0.15, -0.1) is 0 Å². The largest absolute Gasteiger partial charge is 0.508 e. The number of aromatic nitrogens is 1. The zero-order valence-corrected chi connectivity index (χ0v) is 18.3. The van der Waals surface area contributed by atoms with E-state index in [2.05, 4.69) is 10.3 Å². The first-order valence-corrected chi connectivity index (χ1v) is 10.7. The highest BCUT2D eigenvalue weighted by Crippen LogP contribution is 2.24. The molecule has 1 unspecified atom stereocenters. The number of aromatic hydroxyl groups is 1. The molecule has 0 saturated carbocycles. The Morgan fingerprint density at radius 1 is 0.970 bits per heavy atom. The molecule has 1 atom stereocenters. The number of pyridine rings is 1. The van der Waals surface area contributed by atoms with Crippen LogP contribution in [0.3, 0.4) is 0 Å². The number of fused-ring (bicyclic) bond motifs is 2. The van der Waals surface area contributed by atoms with E-state index in [9.17, 15) is 20.0 Å². The van der Waals surface area contributed by atoms with Crippen LogP contribution in [0, 0.1) is 10.1 Å². The third-order valence-corrected chi connectivity index (χ3v) is 4.95. The minimum Gasteiger partial charge on any atom is -0.508 e. The number of ether oxygens (including phenoxy) is 4. The minimum atomic E-state index is -0.493. The summed E-state index contributed by atoms with van der Waals surface area (Å²) in [6, 6.07) is 6.74. The molecule has 0 amide bonds. The predicted molar refractivity (Wildman–Crippen MR) is 118 cm³/mol. The maximum absolute atomic E-state index is 11.9. The summed E-state index contributed by atoms with van der Waals surface area (Å²) in [7, 11) is 0. The van der Waals surface area contributed by atoms with Crippen LogP contribution in [0.5, 0.6) is 5.75 Å². The Kier molecular flexibility index (Phi) is 9.78. The van der Waals surface area contributed by atoms with Gasteiger partial charge >= 0.3 is 0 Å². The van der Waals surface area contributed by atoms with Crippen molar-refractivity contribution in [1.82, 2.24) is 10.3 Å². The van der Waals surface area contributed by atoms with E-state index in [-0.39, 0.29) is 36.1 Å². The highest BCUT2D eigenvalue weighted by molar-refractivity contribution is 5.43. The molecule has 0 fully saturated rings. The van der Waals surface area contributed by atoms with Crippen molar-refractivity contribution in [1.29, 1.82) is 0 Å². The molecule has 3 rings (SSSR count). The Bertz CT molecular complexity index is 965. The lowest BCUT2D eigenvalue weighted by molar-refractivity contribution is -0.384. The Balaban J connectivity index is 1.60. The second-order valence-corrected chi connectivity index (χ2v) is 7.58. The molecule has 2 aromatic rings. The summed E-state index contributed by atoms with van der Waals surface area (Å²) in [4.78, 5) is 25.6. The summed E-state index contributed by atoms with van der Waals surface area (Å²) in [5.74, 6) is -0.00480. The Hall–Kier alpha value is -2.83. The van der Waals surface area contributed by atoms with Gasteiger partial charge in [-0.3, -0.25) is 14.9 Å². The van der Waals surface area contributed by atoms with Crippen molar-refractivity contribution in [2.24, 2.45) is 0 Å². The van der Waals surface area contributed by atoms with Crippen LogP contribution in [-0.4, -0.2) is 67.2 Å². The predicted octanol–water partition coefficient (Wildman–Crippen LogP) is 1.27. The fourth-order valence-electron chi connectivity index (χ4n) is 3.39. The number of nitrogens with zero attached hydrogens (tertiary/aromatic N) is 1. The third-order valence-electron chi connectivity index (χ3n) is 4.95. The van der Waals surface area contributed by atoms with Crippen LogP contribution in [0.25, 0.3) is 0 Å². The molecule has 2 bridgehead atoms. The Labute approximate surface area is 190 Å². The van der Waals surface area contributed by atoms with Crippen LogP contribution >= 0.6 is 0 Å². The number of rotatable bonds is 3. The van der Waals surface area contributed by atoms with Gasteiger partial charge in [-0.2, -0.15) is 0 Å². The molecule has 0 radical (unpaired) electrons. The first-order valence-electron chi connectivity index (χ1n) is 10.7. The summed E-state index contributed by atoms with van der Waals surface area (Å²) in [5, 5.41) is 24.5. The lowest BCUT2D eigenvalue weighted by Crippen LogP contribution is -2.38. The number of nitro groups is 1. The molecule has 1 aliphatic heterocycles. The van der Waals surface area contributed by atoms with Gasteiger partial charge in [0.25, 0.3) is 5.69 Å². The summed E-state index contributed by atoms with van der Waals surface area (Å²) >= 11 is 0. The van der Waals surface area contributed by atoms with Crippen molar-refractivity contribution >= 4 is 5.69 Å². The van der Waals surface area contributed by atoms with Gasteiger partial charge in [0.15, 0.2) is 5.43 Å². The van der Waals surface area contributed by atoms with E-state index in [1.54, 1.807) is 0 Å². The van der Waals surface area contributed by atoms with Gasteiger partial charge in [-0.05, 0) is 12.5 Å². The van der Waals surface area contributed by atoms with Gasteiger partial charge in [0.2, 0.25) is 0 Å². The topological polar surface area (TPSA) is 145 Å². The fourth-order valence-corrected chi connectivity index (χ4v) is 3.39.